The number of amides is 2. The van der Waals surface area contributed by atoms with Crippen LogP contribution in [0.1, 0.15) is 33.3 Å². The van der Waals surface area contributed by atoms with Crippen molar-refractivity contribution in [1.29, 1.82) is 0 Å². The molecule has 2 heterocycles. The van der Waals surface area contributed by atoms with Crippen molar-refractivity contribution in [3.63, 3.8) is 0 Å². The summed E-state index contributed by atoms with van der Waals surface area (Å²) < 4.78 is 5.86. The van der Waals surface area contributed by atoms with E-state index in [1.165, 1.54) is 17.4 Å². The number of benzene rings is 1. The number of ether oxygens (including phenoxy) is 1. The van der Waals surface area contributed by atoms with Crippen LogP contribution in [-0.4, -0.2) is 64.2 Å². The van der Waals surface area contributed by atoms with E-state index in [9.17, 15) is 19.7 Å². The van der Waals surface area contributed by atoms with Crippen LogP contribution < -0.4 is 4.90 Å². The minimum Gasteiger partial charge on any atom is -0.460 e. The number of urea groups is 1. The van der Waals surface area contributed by atoms with Gasteiger partial charge in [0.15, 0.2) is 5.13 Å². The highest BCUT2D eigenvalue weighted by molar-refractivity contribution is 7.22. The van der Waals surface area contributed by atoms with Gasteiger partial charge in [-0.25, -0.2) is 9.78 Å². The number of hydrogen-bond donors (Lipinski definition) is 0. The second kappa shape index (κ2) is 8.15. The Labute approximate surface area is 178 Å². The van der Waals surface area contributed by atoms with Gasteiger partial charge in [-0.2, -0.15) is 0 Å². The third-order valence-electron chi connectivity index (χ3n) is 4.47. The van der Waals surface area contributed by atoms with Crippen LogP contribution in [0.2, 0.25) is 0 Å². The van der Waals surface area contributed by atoms with Crippen molar-refractivity contribution in [2.45, 2.75) is 39.7 Å². The van der Waals surface area contributed by atoms with E-state index in [-0.39, 0.29) is 23.7 Å². The highest BCUT2D eigenvalue weighted by Gasteiger charge is 2.32. The van der Waals surface area contributed by atoms with Crippen LogP contribution in [0.15, 0.2) is 12.1 Å². The molecule has 0 radical (unpaired) electrons. The van der Waals surface area contributed by atoms with Gasteiger partial charge >= 0.3 is 12.0 Å². The SMILES string of the molecule is CCN1CN(C)CN(c2nc3ccc([N+](=O)[O-])c(CC(=O)OC(C)(C)C)c3s2)C1=O. The van der Waals surface area contributed by atoms with E-state index in [1.54, 1.807) is 36.6 Å². The monoisotopic (exact) mass is 435 g/mol. The summed E-state index contributed by atoms with van der Waals surface area (Å²) in [6.45, 7) is 8.55. The zero-order valence-corrected chi connectivity index (χ0v) is 18.5. The Morgan fingerprint density at radius 1 is 1.33 bits per heavy atom. The maximum absolute atomic E-state index is 12.8. The average molecular weight is 436 g/mol. The summed E-state index contributed by atoms with van der Waals surface area (Å²) in [7, 11) is 1.90. The number of thiazole rings is 1. The van der Waals surface area contributed by atoms with Crippen molar-refractivity contribution in [1.82, 2.24) is 14.8 Å². The molecule has 0 aliphatic carbocycles. The summed E-state index contributed by atoms with van der Waals surface area (Å²) in [5.74, 6) is -0.556. The van der Waals surface area contributed by atoms with Crippen LogP contribution in [0.4, 0.5) is 15.6 Å². The van der Waals surface area contributed by atoms with Gasteiger partial charge < -0.3 is 9.64 Å². The second-order valence-corrected chi connectivity index (χ2v) is 9.11. The summed E-state index contributed by atoms with van der Waals surface area (Å²) in [5.41, 5.74) is -0.114. The van der Waals surface area contributed by atoms with E-state index in [4.69, 9.17) is 4.74 Å². The van der Waals surface area contributed by atoms with Gasteiger partial charge in [0.25, 0.3) is 5.69 Å². The first-order chi connectivity index (χ1) is 14.0. The van der Waals surface area contributed by atoms with Crippen LogP contribution in [0, 0.1) is 10.1 Å². The van der Waals surface area contributed by atoms with E-state index in [0.29, 0.717) is 35.2 Å². The number of nitro benzene ring substituents is 1. The first kappa shape index (κ1) is 21.9. The Balaban J connectivity index is 2.04. The van der Waals surface area contributed by atoms with Gasteiger partial charge in [-0.05, 0) is 40.8 Å². The summed E-state index contributed by atoms with van der Waals surface area (Å²) in [6, 6.07) is 2.72. The molecule has 1 fully saturated rings. The van der Waals surface area contributed by atoms with Gasteiger partial charge in [-0.3, -0.25) is 24.7 Å². The van der Waals surface area contributed by atoms with E-state index in [1.807, 2.05) is 18.9 Å². The van der Waals surface area contributed by atoms with Crippen molar-refractivity contribution >= 4 is 44.4 Å². The van der Waals surface area contributed by atoms with Gasteiger partial charge in [-0.15, -0.1) is 0 Å². The van der Waals surface area contributed by atoms with E-state index >= 15 is 0 Å². The molecule has 11 heteroatoms. The van der Waals surface area contributed by atoms with Gasteiger partial charge in [0.05, 0.1) is 40.5 Å². The third kappa shape index (κ3) is 4.51. The normalized spacial score (nSPS) is 15.7. The van der Waals surface area contributed by atoms with Gasteiger partial charge in [0.1, 0.15) is 5.60 Å². The molecule has 2 aromatic rings. The Kier molecular flexibility index (Phi) is 5.95. The van der Waals surface area contributed by atoms with Crippen molar-refractivity contribution in [3.8, 4) is 0 Å². The van der Waals surface area contributed by atoms with Crippen LogP contribution in [0.25, 0.3) is 10.2 Å². The minimum absolute atomic E-state index is 0.166. The Morgan fingerprint density at radius 2 is 2.03 bits per heavy atom. The number of nitrogens with zero attached hydrogens (tertiary/aromatic N) is 5. The molecule has 0 N–H and O–H groups in total. The predicted molar refractivity (Wildman–Crippen MR) is 114 cm³/mol. The fraction of sp³-hybridized carbons (Fsp3) is 0.526. The summed E-state index contributed by atoms with van der Waals surface area (Å²) >= 11 is 1.17. The van der Waals surface area contributed by atoms with Crippen LogP contribution in [-0.2, 0) is 16.0 Å². The molecule has 2 amide bonds. The molecular formula is C19H25N5O5S. The van der Waals surface area contributed by atoms with Gasteiger partial charge in [0.2, 0.25) is 0 Å². The van der Waals surface area contributed by atoms with E-state index in [2.05, 4.69) is 4.98 Å². The van der Waals surface area contributed by atoms with Gasteiger partial charge in [0, 0.05) is 12.6 Å². The molecular weight excluding hydrogens is 410 g/mol. The molecule has 0 unspecified atom stereocenters. The number of nitro groups is 1. The van der Waals surface area contributed by atoms with Gasteiger partial charge in [-0.1, -0.05) is 11.3 Å². The highest BCUT2D eigenvalue weighted by Crippen LogP contribution is 2.37. The zero-order valence-electron chi connectivity index (χ0n) is 17.7. The van der Waals surface area contributed by atoms with Crippen molar-refractivity contribution in [3.05, 3.63) is 27.8 Å². The molecule has 10 nitrogen and oxygen atoms in total. The number of aromatic nitrogens is 1. The molecule has 1 aromatic heterocycles. The maximum atomic E-state index is 12.8. The lowest BCUT2D eigenvalue weighted by molar-refractivity contribution is -0.385. The van der Waals surface area contributed by atoms with Crippen LogP contribution in [0.5, 0.6) is 0 Å². The summed E-state index contributed by atoms with van der Waals surface area (Å²) in [5, 5.41) is 12.0. The number of rotatable bonds is 5. The summed E-state index contributed by atoms with van der Waals surface area (Å²) in [4.78, 5) is 46.0. The Bertz CT molecular complexity index is 999. The molecule has 1 aliphatic rings. The lowest BCUT2D eigenvalue weighted by Crippen LogP contribution is -2.56. The second-order valence-electron chi connectivity index (χ2n) is 8.13. The predicted octanol–water partition coefficient (Wildman–Crippen LogP) is 3.20. The minimum atomic E-state index is -0.701. The smallest absolute Gasteiger partial charge is 0.328 e. The number of esters is 1. The molecule has 1 aromatic carbocycles. The first-order valence-electron chi connectivity index (χ1n) is 9.53. The number of carbonyl (C=O) groups is 2. The molecule has 30 heavy (non-hydrogen) atoms. The van der Waals surface area contributed by atoms with E-state index < -0.39 is 16.5 Å². The molecule has 0 atom stereocenters. The van der Waals surface area contributed by atoms with Crippen LogP contribution in [0.3, 0.4) is 0 Å². The zero-order chi connectivity index (χ0) is 22.2. The quantitative estimate of drug-likeness (QED) is 0.403. The Morgan fingerprint density at radius 3 is 2.63 bits per heavy atom. The largest absolute Gasteiger partial charge is 0.460 e. The molecule has 162 valence electrons. The van der Waals surface area contributed by atoms with Crippen molar-refractivity contribution in [2.24, 2.45) is 0 Å². The average Bonchev–Trinajstić information content (AvgIpc) is 3.06. The third-order valence-corrected chi connectivity index (χ3v) is 5.63. The highest BCUT2D eigenvalue weighted by atomic mass is 32.1. The fourth-order valence-corrected chi connectivity index (χ4v) is 4.34. The van der Waals surface area contributed by atoms with Crippen molar-refractivity contribution < 1.29 is 19.2 Å². The number of fused-ring (bicyclic) bond motifs is 1. The standard InChI is InChI=1S/C19H25N5O5S/c1-6-22-10-21(5)11-23(18(22)26)17-20-13-7-8-14(24(27)28)12(16(13)30-17)9-15(25)29-19(2,3)4/h7-8H,6,9-11H2,1-5H3. The number of hydrogen-bond acceptors (Lipinski definition) is 8. The fourth-order valence-electron chi connectivity index (χ4n) is 3.25. The first-order valence-corrected chi connectivity index (χ1v) is 10.4. The maximum Gasteiger partial charge on any atom is 0.328 e. The Hall–Kier alpha value is -2.79. The molecule has 1 saturated heterocycles. The lowest BCUT2D eigenvalue weighted by Gasteiger charge is -2.38. The topological polar surface area (TPSA) is 109 Å². The molecule has 0 bridgehead atoms. The van der Waals surface area contributed by atoms with Crippen LogP contribution >= 0.6 is 11.3 Å². The number of anilines is 1. The lowest BCUT2D eigenvalue weighted by atomic mass is 10.1. The number of carbonyl (C=O) groups excluding carboxylic acids is 2. The van der Waals surface area contributed by atoms with E-state index in [0.717, 1.165) is 0 Å². The molecule has 1 aliphatic heterocycles. The molecule has 3 rings (SSSR count). The van der Waals surface area contributed by atoms with Crippen molar-refractivity contribution in [2.75, 3.05) is 31.8 Å². The summed E-state index contributed by atoms with van der Waals surface area (Å²) in [6.07, 6.45) is -0.249. The molecule has 0 saturated carbocycles. The molecule has 0 spiro atoms.